The molecule has 7 heteroatoms. The van der Waals surface area contributed by atoms with E-state index in [1.165, 1.54) is 0 Å². The summed E-state index contributed by atoms with van der Waals surface area (Å²) >= 11 is 0. The van der Waals surface area contributed by atoms with Gasteiger partial charge in [0.05, 0.1) is 17.9 Å². The van der Waals surface area contributed by atoms with Crippen LogP contribution in [0.15, 0.2) is 59.3 Å². The minimum Gasteiger partial charge on any atom is -0.463 e. The van der Waals surface area contributed by atoms with Crippen LogP contribution in [0.4, 0.5) is 17.3 Å². The Labute approximate surface area is 144 Å². The van der Waals surface area contributed by atoms with Crippen molar-refractivity contribution in [1.82, 2.24) is 9.97 Å². The van der Waals surface area contributed by atoms with Crippen molar-refractivity contribution in [3.05, 3.63) is 54.9 Å². The van der Waals surface area contributed by atoms with Crippen molar-refractivity contribution in [1.29, 1.82) is 0 Å². The highest BCUT2D eigenvalue weighted by Gasteiger charge is 2.33. The lowest BCUT2D eigenvalue weighted by Gasteiger charge is -2.39. The van der Waals surface area contributed by atoms with Crippen LogP contribution >= 0.6 is 0 Å². The Morgan fingerprint density at radius 3 is 2.80 bits per heavy atom. The molecule has 1 aliphatic heterocycles. The van der Waals surface area contributed by atoms with E-state index in [0.717, 1.165) is 5.82 Å². The molecular weight excluding hydrogens is 318 g/mol. The summed E-state index contributed by atoms with van der Waals surface area (Å²) in [6.07, 6.45) is 3.32. The third-order valence-electron chi connectivity index (χ3n) is 4.17. The molecule has 0 saturated carbocycles. The van der Waals surface area contributed by atoms with Crippen LogP contribution in [0.25, 0.3) is 11.5 Å². The standard InChI is InChI=1S/C18H17N5O2/c19-13-6-7-14(15-4-3-9-25-15)21-17(13)22-18(24)12-10-23(11-12)16-5-1-2-8-20-16/h1-9,12H,10-11,19H2,(H,21,22,24). The highest BCUT2D eigenvalue weighted by atomic mass is 16.3. The van der Waals surface area contributed by atoms with Crippen LogP contribution in [-0.4, -0.2) is 29.0 Å². The molecule has 1 amide bonds. The van der Waals surface area contributed by atoms with Crippen molar-refractivity contribution in [3.63, 3.8) is 0 Å². The van der Waals surface area contributed by atoms with Crippen LogP contribution in [0.1, 0.15) is 0 Å². The van der Waals surface area contributed by atoms with Gasteiger partial charge in [-0.3, -0.25) is 4.79 Å². The third-order valence-corrected chi connectivity index (χ3v) is 4.17. The average Bonchev–Trinajstić information content (AvgIpc) is 3.11. The molecule has 7 nitrogen and oxygen atoms in total. The van der Waals surface area contributed by atoms with Gasteiger partial charge in [0, 0.05) is 19.3 Å². The molecule has 3 aromatic rings. The van der Waals surface area contributed by atoms with Crippen molar-refractivity contribution in [3.8, 4) is 11.5 Å². The summed E-state index contributed by atoms with van der Waals surface area (Å²) in [7, 11) is 0. The maximum absolute atomic E-state index is 12.4. The lowest BCUT2D eigenvalue weighted by Crippen LogP contribution is -2.52. The fourth-order valence-corrected chi connectivity index (χ4v) is 2.72. The quantitative estimate of drug-likeness (QED) is 0.760. The zero-order valence-corrected chi connectivity index (χ0v) is 13.4. The van der Waals surface area contributed by atoms with E-state index in [1.54, 1.807) is 36.7 Å². The molecular formula is C18H17N5O2. The molecule has 4 rings (SSSR count). The van der Waals surface area contributed by atoms with Gasteiger partial charge in [-0.15, -0.1) is 0 Å². The van der Waals surface area contributed by atoms with E-state index in [4.69, 9.17) is 10.2 Å². The van der Waals surface area contributed by atoms with E-state index < -0.39 is 0 Å². The zero-order chi connectivity index (χ0) is 17.2. The van der Waals surface area contributed by atoms with Crippen LogP contribution in [0.3, 0.4) is 0 Å². The molecule has 0 atom stereocenters. The van der Waals surface area contributed by atoms with Gasteiger partial charge in [-0.1, -0.05) is 6.07 Å². The molecule has 4 heterocycles. The number of rotatable bonds is 4. The Morgan fingerprint density at radius 2 is 2.08 bits per heavy atom. The Balaban J connectivity index is 1.43. The van der Waals surface area contributed by atoms with E-state index in [2.05, 4.69) is 20.2 Å². The van der Waals surface area contributed by atoms with Crippen molar-refractivity contribution in [2.45, 2.75) is 0 Å². The van der Waals surface area contributed by atoms with Gasteiger partial charge < -0.3 is 20.4 Å². The molecule has 3 N–H and O–H groups in total. The second-order valence-electron chi connectivity index (χ2n) is 5.89. The Kier molecular flexibility index (Phi) is 3.81. The number of furan rings is 1. The maximum Gasteiger partial charge on any atom is 0.232 e. The molecule has 1 fully saturated rings. The average molecular weight is 335 g/mol. The second-order valence-corrected chi connectivity index (χ2v) is 5.89. The number of nitrogens with two attached hydrogens (primary N) is 1. The number of nitrogen functional groups attached to an aromatic ring is 1. The van der Waals surface area contributed by atoms with Gasteiger partial charge >= 0.3 is 0 Å². The number of anilines is 3. The van der Waals surface area contributed by atoms with E-state index in [0.29, 0.717) is 36.0 Å². The Morgan fingerprint density at radius 1 is 1.20 bits per heavy atom. The summed E-state index contributed by atoms with van der Waals surface area (Å²) in [6, 6.07) is 12.8. The number of pyridine rings is 2. The van der Waals surface area contributed by atoms with Crippen molar-refractivity contribution in [2.75, 3.05) is 29.0 Å². The monoisotopic (exact) mass is 335 g/mol. The first-order valence-corrected chi connectivity index (χ1v) is 7.98. The van der Waals surface area contributed by atoms with Crippen LogP contribution in [0, 0.1) is 5.92 Å². The molecule has 25 heavy (non-hydrogen) atoms. The van der Waals surface area contributed by atoms with Gasteiger partial charge in [-0.2, -0.15) is 0 Å². The normalized spacial score (nSPS) is 14.2. The molecule has 3 aromatic heterocycles. The fraction of sp³-hybridized carbons (Fsp3) is 0.167. The fourth-order valence-electron chi connectivity index (χ4n) is 2.72. The summed E-state index contributed by atoms with van der Waals surface area (Å²) in [5, 5.41) is 2.82. The highest BCUT2D eigenvalue weighted by molar-refractivity contribution is 5.96. The molecule has 126 valence electrons. The van der Waals surface area contributed by atoms with Gasteiger partial charge in [0.2, 0.25) is 5.91 Å². The molecule has 0 aromatic carbocycles. The number of carbonyl (C=O) groups is 1. The molecule has 0 unspecified atom stereocenters. The van der Waals surface area contributed by atoms with E-state index in [1.807, 2.05) is 18.2 Å². The highest BCUT2D eigenvalue weighted by Crippen LogP contribution is 2.26. The number of carbonyl (C=O) groups excluding carboxylic acids is 1. The summed E-state index contributed by atoms with van der Waals surface area (Å²) in [4.78, 5) is 23.2. The summed E-state index contributed by atoms with van der Waals surface area (Å²) in [6.45, 7) is 1.25. The lowest BCUT2D eigenvalue weighted by atomic mass is 9.99. The topological polar surface area (TPSA) is 97.3 Å². The number of hydrogen-bond acceptors (Lipinski definition) is 6. The number of aromatic nitrogens is 2. The van der Waals surface area contributed by atoms with Crippen LogP contribution < -0.4 is 16.0 Å². The molecule has 0 radical (unpaired) electrons. The van der Waals surface area contributed by atoms with Crippen molar-refractivity contribution >= 4 is 23.2 Å². The first-order valence-electron chi connectivity index (χ1n) is 7.98. The van der Waals surface area contributed by atoms with Gasteiger partial charge in [-0.25, -0.2) is 9.97 Å². The third kappa shape index (κ3) is 3.03. The first-order chi connectivity index (χ1) is 12.2. The van der Waals surface area contributed by atoms with E-state index >= 15 is 0 Å². The van der Waals surface area contributed by atoms with Crippen LogP contribution in [0.5, 0.6) is 0 Å². The lowest BCUT2D eigenvalue weighted by molar-refractivity contribution is -0.120. The largest absolute Gasteiger partial charge is 0.463 e. The molecule has 1 aliphatic rings. The maximum atomic E-state index is 12.4. The summed E-state index contributed by atoms with van der Waals surface area (Å²) < 4.78 is 5.33. The minimum atomic E-state index is -0.115. The zero-order valence-electron chi connectivity index (χ0n) is 13.4. The Hall–Kier alpha value is -3.35. The SMILES string of the molecule is Nc1ccc(-c2ccco2)nc1NC(=O)C1CN(c2ccccn2)C1. The predicted octanol–water partition coefficient (Wildman–Crippen LogP) is 2.39. The van der Waals surface area contributed by atoms with Gasteiger partial charge in [-0.05, 0) is 36.4 Å². The molecule has 0 aliphatic carbocycles. The first kappa shape index (κ1) is 15.2. The van der Waals surface area contributed by atoms with Gasteiger partial charge in [0.15, 0.2) is 11.6 Å². The second kappa shape index (κ2) is 6.27. The van der Waals surface area contributed by atoms with E-state index in [-0.39, 0.29) is 11.8 Å². The summed E-state index contributed by atoms with van der Waals surface area (Å²) in [5.41, 5.74) is 6.99. The number of amides is 1. The molecule has 1 saturated heterocycles. The Bertz CT molecular complexity index is 874. The predicted molar refractivity (Wildman–Crippen MR) is 94.9 cm³/mol. The van der Waals surface area contributed by atoms with Crippen LogP contribution in [0.2, 0.25) is 0 Å². The molecule has 0 spiro atoms. The number of hydrogen-bond donors (Lipinski definition) is 2. The number of nitrogens with zero attached hydrogens (tertiary/aromatic N) is 3. The van der Waals surface area contributed by atoms with E-state index in [9.17, 15) is 4.79 Å². The smallest absolute Gasteiger partial charge is 0.232 e. The van der Waals surface area contributed by atoms with Crippen molar-refractivity contribution in [2.24, 2.45) is 5.92 Å². The minimum absolute atomic E-state index is 0.0945. The number of nitrogens with one attached hydrogen (secondary N) is 1. The summed E-state index contributed by atoms with van der Waals surface area (Å²) in [5.74, 6) is 1.65. The van der Waals surface area contributed by atoms with Gasteiger partial charge in [0.1, 0.15) is 11.5 Å². The van der Waals surface area contributed by atoms with Gasteiger partial charge in [0.25, 0.3) is 0 Å². The molecule has 0 bridgehead atoms. The van der Waals surface area contributed by atoms with Crippen LogP contribution in [-0.2, 0) is 4.79 Å². The van der Waals surface area contributed by atoms with Crippen molar-refractivity contribution < 1.29 is 9.21 Å².